The third kappa shape index (κ3) is 5.68. The molecule has 0 heterocycles. The Kier molecular flexibility index (Phi) is 7.12. The minimum atomic E-state index is -0.533. The van der Waals surface area contributed by atoms with Gasteiger partial charge in [0.05, 0.1) is 25.4 Å². The largest absolute Gasteiger partial charge is 0.496 e. The molecular weight excluding hydrogens is 422 g/mol. The second kappa shape index (κ2) is 9.53. The second-order valence-corrected chi connectivity index (χ2v) is 5.98. The van der Waals surface area contributed by atoms with E-state index in [9.17, 15) is 14.9 Å². The van der Waals surface area contributed by atoms with Crippen molar-refractivity contribution in [3.63, 3.8) is 0 Å². The van der Waals surface area contributed by atoms with E-state index in [1.165, 1.54) is 38.6 Å². The van der Waals surface area contributed by atoms with E-state index >= 15 is 0 Å². The Morgan fingerprint density at radius 1 is 1.19 bits per heavy atom. The van der Waals surface area contributed by atoms with Crippen molar-refractivity contribution in [2.24, 2.45) is 5.10 Å². The van der Waals surface area contributed by atoms with E-state index in [1.807, 2.05) is 0 Å². The topological polar surface area (TPSA) is 112 Å². The van der Waals surface area contributed by atoms with Crippen LogP contribution in [0.25, 0.3) is 0 Å². The van der Waals surface area contributed by atoms with Crippen LogP contribution in [0, 0.1) is 10.1 Å². The van der Waals surface area contributed by atoms with Crippen LogP contribution in [-0.4, -0.2) is 37.9 Å². The van der Waals surface area contributed by atoms with Crippen LogP contribution in [0.1, 0.15) is 5.56 Å². The first-order valence-corrected chi connectivity index (χ1v) is 8.34. The molecule has 2 aromatic rings. The highest BCUT2D eigenvalue weighted by atomic mass is 79.9. The molecule has 1 N–H and O–H groups in total. The lowest BCUT2D eigenvalue weighted by Crippen LogP contribution is -2.24. The molecule has 0 spiro atoms. The number of rotatable bonds is 8. The predicted octanol–water partition coefficient (Wildman–Crippen LogP) is 2.90. The summed E-state index contributed by atoms with van der Waals surface area (Å²) in [5, 5.41) is 14.6. The summed E-state index contributed by atoms with van der Waals surface area (Å²) in [5.41, 5.74) is 2.51. The maximum Gasteiger partial charge on any atom is 0.277 e. The highest BCUT2D eigenvalue weighted by Crippen LogP contribution is 2.30. The molecule has 0 atom stereocenters. The average Bonchev–Trinajstić information content (AvgIpc) is 2.66. The molecule has 0 aliphatic heterocycles. The fraction of sp³-hybridized carbons (Fsp3) is 0.176. The molecule has 2 rings (SSSR count). The van der Waals surface area contributed by atoms with Gasteiger partial charge in [0.2, 0.25) is 0 Å². The van der Waals surface area contributed by atoms with Crippen LogP contribution in [0.4, 0.5) is 5.69 Å². The molecule has 9 nitrogen and oxygen atoms in total. The summed E-state index contributed by atoms with van der Waals surface area (Å²) in [6.07, 6.45) is 1.25. The van der Waals surface area contributed by atoms with Crippen LogP contribution in [0.5, 0.6) is 17.2 Å². The molecule has 10 heteroatoms. The van der Waals surface area contributed by atoms with Gasteiger partial charge in [-0.25, -0.2) is 5.43 Å². The van der Waals surface area contributed by atoms with E-state index in [-0.39, 0.29) is 12.3 Å². The molecule has 2 aromatic carbocycles. The van der Waals surface area contributed by atoms with Gasteiger partial charge in [-0.05, 0) is 24.3 Å². The predicted molar refractivity (Wildman–Crippen MR) is 102 cm³/mol. The number of amides is 1. The van der Waals surface area contributed by atoms with Crippen molar-refractivity contribution in [2.75, 3.05) is 20.8 Å². The molecule has 0 aliphatic rings. The van der Waals surface area contributed by atoms with Crippen molar-refractivity contribution in [2.45, 2.75) is 0 Å². The molecule has 0 fully saturated rings. The van der Waals surface area contributed by atoms with Gasteiger partial charge in [-0.1, -0.05) is 15.9 Å². The first-order valence-electron chi connectivity index (χ1n) is 7.55. The molecule has 1 amide bonds. The number of ether oxygens (including phenoxy) is 3. The lowest BCUT2D eigenvalue weighted by atomic mass is 10.2. The zero-order valence-electron chi connectivity index (χ0n) is 14.5. The minimum absolute atomic E-state index is 0.116. The monoisotopic (exact) mass is 437 g/mol. The first kappa shape index (κ1) is 20.2. The Labute approximate surface area is 163 Å². The summed E-state index contributed by atoms with van der Waals surface area (Å²) in [6.45, 7) is -0.290. The van der Waals surface area contributed by atoms with Gasteiger partial charge in [0.1, 0.15) is 5.75 Å². The molecule has 142 valence electrons. The highest BCUT2D eigenvalue weighted by Gasteiger charge is 2.11. The van der Waals surface area contributed by atoms with Crippen molar-refractivity contribution in [3.05, 3.63) is 56.5 Å². The Morgan fingerprint density at radius 2 is 1.89 bits per heavy atom. The van der Waals surface area contributed by atoms with E-state index in [1.54, 1.807) is 18.2 Å². The average molecular weight is 438 g/mol. The third-order valence-electron chi connectivity index (χ3n) is 3.30. The minimum Gasteiger partial charge on any atom is -0.496 e. The van der Waals surface area contributed by atoms with Crippen molar-refractivity contribution >= 4 is 33.7 Å². The number of carbonyl (C=O) groups is 1. The van der Waals surface area contributed by atoms with Gasteiger partial charge in [-0.3, -0.25) is 14.9 Å². The number of nitrogens with zero attached hydrogens (tertiary/aromatic N) is 2. The number of hydrazone groups is 1. The maximum atomic E-state index is 11.9. The van der Waals surface area contributed by atoms with Gasteiger partial charge >= 0.3 is 0 Å². The summed E-state index contributed by atoms with van der Waals surface area (Å²) < 4.78 is 16.5. The van der Waals surface area contributed by atoms with Gasteiger partial charge < -0.3 is 14.2 Å². The molecule has 0 aromatic heterocycles. The zero-order chi connectivity index (χ0) is 19.8. The molecule has 0 radical (unpaired) electrons. The van der Waals surface area contributed by atoms with Crippen molar-refractivity contribution in [1.82, 2.24) is 5.43 Å². The Bertz CT molecular complexity index is 872. The fourth-order valence-electron chi connectivity index (χ4n) is 2.05. The SMILES string of the molecule is COc1ccc([N+](=O)[O-])cc1C=NNC(=O)COc1ccc(Br)cc1OC. The number of nitro groups is 1. The summed E-state index contributed by atoms with van der Waals surface area (Å²) in [5.74, 6) is 0.747. The number of halogens is 1. The summed E-state index contributed by atoms with van der Waals surface area (Å²) in [6, 6.07) is 9.17. The number of hydrogen-bond acceptors (Lipinski definition) is 7. The van der Waals surface area contributed by atoms with Crippen LogP contribution in [0.3, 0.4) is 0 Å². The van der Waals surface area contributed by atoms with E-state index in [0.717, 1.165) is 4.47 Å². The Morgan fingerprint density at radius 3 is 2.56 bits per heavy atom. The van der Waals surface area contributed by atoms with E-state index < -0.39 is 10.8 Å². The van der Waals surface area contributed by atoms with Crippen LogP contribution in [0.2, 0.25) is 0 Å². The second-order valence-electron chi connectivity index (χ2n) is 5.06. The quantitative estimate of drug-likeness (QED) is 0.385. The normalized spacial score (nSPS) is 10.5. The molecule has 0 saturated heterocycles. The van der Waals surface area contributed by atoms with Gasteiger partial charge in [0.25, 0.3) is 11.6 Å². The summed E-state index contributed by atoms with van der Waals surface area (Å²) >= 11 is 3.31. The Hall–Kier alpha value is -3.14. The fourth-order valence-corrected chi connectivity index (χ4v) is 2.39. The van der Waals surface area contributed by atoms with Crippen LogP contribution in [0.15, 0.2) is 46.0 Å². The number of nitro benzene ring substituents is 1. The third-order valence-corrected chi connectivity index (χ3v) is 3.79. The van der Waals surface area contributed by atoms with Gasteiger partial charge in [0, 0.05) is 22.2 Å². The number of carbonyl (C=O) groups excluding carboxylic acids is 1. The Balaban J connectivity index is 1.97. The smallest absolute Gasteiger partial charge is 0.277 e. The lowest BCUT2D eigenvalue weighted by molar-refractivity contribution is -0.384. The molecule has 0 aliphatic carbocycles. The number of hydrogen-bond donors (Lipinski definition) is 1. The molecular formula is C17H16BrN3O6. The van der Waals surface area contributed by atoms with Gasteiger partial charge in [-0.15, -0.1) is 0 Å². The number of methoxy groups -OCH3 is 2. The van der Waals surface area contributed by atoms with Crippen LogP contribution < -0.4 is 19.6 Å². The van der Waals surface area contributed by atoms with E-state index in [4.69, 9.17) is 14.2 Å². The van der Waals surface area contributed by atoms with E-state index in [2.05, 4.69) is 26.5 Å². The number of nitrogens with one attached hydrogen (secondary N) is 1. The van der Waals surface area contributed by atoms with Crippen molar-refractivity contribution in [1.29, 1.82) is 0 Å². The zero-order valence-corrected chi connectivity index (χ0v) is 16.1. The number of benzene rings is 2. The first-order chi connectivity index (χ1) is 12.9. The number of non-ortho nitro benzene ring substituents is 1. The van der Waals surface area contributed by atoms with Gasteiger partial charge in [-0.2, -0.15) is 5.10 Å². The lowest BCUT2D eigenvalue weighted by Gasteiger charge is -2.10. The molecule has 0 saturated carbocycles. The van der Waals surface area contributed by atoms with E-state index in [0.29, 0.717) is 22.8 Å². The van der Waals surface area contributed by atoms with Crippen molar-refractivity contribution in [3.8, 4) is 17.2 Å². The highest BCUT2D eigenvalue weighted by molar-refractivity contribution is 9.10. The molecule has 0 unspecified atom stereocenters. The van der Waals surface area contributed by atoms with Crippen LogP contribution in [-0.2, 0) is 4.79 Å². The molecule has 0 bridgehead atoms. The summed E-state index contributed by atoms with van der Waals surface area (Å²) in [7, 11) is 2.92. The molecule has 27 heavy (non-hydrogen) atoms. The summed E-state index contributed by atoms with van der Waals surface area (Å²) in [4.78, 5) is 22.2. The van der Waals surface area contributed by atoms with Gasteiger partial charge in [0.15, 0.2) is 18.1 Å². The van der Waals surface area contributed by atoms with Crippen LogP contribution >= 0.6 is 15.9 Å². The maximum absolute atomic E-state index is 11.9. The van der Waals surface area contributed by atoms with Crippen molar-refractivity contribution < 1.29 is 23.9 Å². The standard InChI is InChI=1S/C17H16BrN3O6/c1-25-14-6-4-13(21(23)24)7-11(14)9-19-20-17(22)10-27-15-5-3-12(18)8-16(15)26-2/h3-9H,10H2,1-2H3,(H,20,22).